The van der Waals surface area contributed by atoms with Crippen molar-refractivity contribution in [2.75, 3.05) is 0 Å². The van der Waals surface area contributed by atoms with E-state index in [1.807, 2.05) is 61.7 Å². The Morgan fingerprint density at radius 2 is 1.38 bits per heavy atom. The minimum Gasteiger partial charge on any atom is 0 e. The number of hydrogen-bond donors (Lipinski definition) is 0. The predicted octanol–water partition coefficient (Wildman–Crippen LogP) is 15.1. The first-order valence-electron chi connectivity index (χ1n) is 22.2. The van der Waals surface area contributed by atoms with Crippen molar-refractivity contribution in [2.45, 2.75) is 77.0 Å². The van der Waals surface area contributed by atoms with Gasteiger partial charge in [-0.3, -0.25) is 4.98 Å². The Morgan fingerprint density at radius 3 is 2.05 bits per heavy atom. The van der Waals surface area contributed by atoms with Crippen LogP contribution in [0, 0.1) is 18.1 Å². The van der Waals surface area contributed by atoms with Crippen molar-refractivity contribution in [3.8, 4) is 39.5 Å². The van der Waals surface area contributed by atoms with Crippen molar-refractivity contribution in [3.63, 3.8) is 0 Å². The molecule has 3 heterocycles. The van der Waals surface area contributed by atoms with Gasteiger partial charge in [0.2, 0.25) is 0 Å². The number of pyridine rings is 1. The quantitative estimate of drug-likeness (QED) is 0.107. The minimum atomic E-state index is -2.20. The Morgan fingerprint density at radius 1 is 0.705 bits per heavy atom. The molecule has 0 amide bonds. The van der Waals surface area contributed by atoms with Gasteiger partial charge in [-0.2, -0.15) is 11.3 Å². The Bertz CT molecular complexity index is 2990. The van der Waals surface area contributed by atoms with Crippen LogP contribution in [-0.2, 0) is 26.5 Å². The molecule has 0 aliphatic carbocycles. The molecule has 6 heteroatoms. The number of rotatable bonds is 9. The summed E-state index contributed by atoms with van der Waals surface area (Å²) in [5, 5.41) is 2.55. The smallest absolute Gasteiger partial charge is 0 e. The van der Waals surface area contributed by atoms with Crippen LogP contribution in [0.3, 0.4) is 0 Å². The molecule has 0 bridgehead atoms. The second-order valence-electron chi connectivity index (χ2n) is 17.6. The number of para-hydroxylation sites is 2. The maximum atomic E-state index is 8.56. The van der Waals surface area contributed by atoms with Crippen LogP contribution in [0.15, 0.2) is 140 Å². The Balaban J connectivity index is 0.000000221. The molecule has 0 saturated carbocycles. The van der Waals surface area contributed by atoms with Gasteiger partial charge in [0.25, 0.3) is 0 Å². The van der Waals surface area contributed by atoms with E-state index in [1.54, 1.807) is 0 Å². The summed E-state index contributed by atoms with van der Waals surface area (Å²) in [6.45, 7) is 13.1. The van der Waals surface area contributed by atoms with Crippen LogP contribution in [0.5, 0.6) is 0 Å². The van der Waals surface area contributed by atoms with Crippen LogP contribution in [0.4, 0.5) is 0 Å². The molecule has 3 aromatic heterocycles. The minimum absolute atomic E-state index is 0. The summed E-state index contributed by atoms with van der Waals surface area (Å²) in [4.78, 5) is 9.90. The van der Waals surface area contributed by atoms with Crippen LogP contribution in [-0.4, -0.2) is 27.8 Å². The molecule has 0 atom stereocenters. The molecule has 0 spiro atoms. The number of nitrogens with zero attached hydrogens (tertiary/aromatic N) is 3. The van der Waals surface area contributed by atoms with Gasteiger partial charge < -0.3 is 4.57 Å². The average Bonchev–Trinajstić information content (AvgIpc) is 3.85. The third-order valence-electron chi connectivity index (χ3n) is 11.0. The zero-order chi connectivity index (χ0) is 43.9. The van der Waals surface area contributed by atoms with E-state index in [0.717, 1.165) is 43.6 Å². The van der Waals surface area contributed by atoms with Crippen LogP contribution in [0.25, 0.3) is 70.7 Å². The summed E-state index contributed by atoms with van der Waals surface area (Å²) in [7, 11) is 0. The number of fused-ring (bicyclic) bond motifs is 4. The molecule has 6 aromatic carbocycles. The molecule has 1 radical (unpaired) electrons. The van der Waals surface area contributed by atoms with E-state index in [2.05, 4.69) is 170 Å². The van der Waals surface area contributed by atoms with E-state index < -0.39 is 19.6 Å². The topological polar surface area (TPSA) is 30.7 Å². The molecular weight excluding hydrogens is 1000 g/mol. The normalized spacial score (nSPS) is 12.5. The van der Waals surface area contributed by atoms with Gasteiger partial charge in [-0.25, -0.2) is 0 Å². The molecule has 0 unspecified atom stereocenters. The van der Waals surface area contributed by atoms with Crippen molar-refractivity contribution in [1.82, 2.24) is 14.5 Å². The molecule has 0 fully saturated rings. The molecule has 0 aliphatic heterocycles. The van der Waals surface area contributed by atoms with Gasteiger partial charge in [0, 0.05) is 30.5 Å². The van der Waals surface area contributed by atoms with Gasteiger partial charge in [-0.1, -0.05) is 99.3 Å². The van der Waals surface area contributed by atoms with Crippen molar-refractivity contribution < 1.29 is 22.8 Å². The largest absolute Gasteiger partial charge is 0 e. The SMILES string of the molecule is CC(C)c1cc(-c2ccccc2)cc(C(C)C)c1-n1c(-c2[c-]ccc3c2sc2ccccc23)nc2ccccc21.[2H]C([2H])(c1cc(-c2[c-]cccc2)nc[c]1[Ge]([CH3])([CH3])[CH3])C(C)C.[Ir]. The molecule has 61 heavy (non-hydrogen) atoms. The predicted molar refractivity (Wildman–Crippen MR) is 262 cm³/mol. The maximum absolute atomic E-state index is 8.56. The van der Waals surface area contributed by atoms with Crippen molar-refractivity contribution in [1.29, 1.82) is 0 Å². The van der Waals surface area contributed by atoms with E-state index in [-0.39, 0.29) is 26.0 Å². The maximum Gasteiger partial charge on any atom is 0 e. The average molecular weight is 1060 g/mol. The Kier molecular flexibility index (Phi) is 12.8. The summed E-state index contributed by atoms with van der Waals surface area (Å²) in [6, 6.07) is 53.4. The third kappa shape index (κ3) is 9.27. The van der Waals surface area contributed by atoms with Gasteiger partial charge in [0.1, 0.15) is 0 Å². The van der Waals surface area contributed by atoms with Crippen LogP contribution >= 0.6 is 11.3 Å². The summed E-state index contributed by atoms with van der Waals surface area (Å²) in [6.07, 6.45) is 0.562. The Labute approximate surface area is 385 Å². The molecule has 0 aliphatic rings. The second-order valence-corrected chi connectivity index (χ2v) is 29.2. The van der Waals surface area contributed by atoms with Crippen LogP contribution in [0.1, 0.15) is 72.8 Å². The van der Waals surface area contributed by atoms with Crippen molar-refractivity contribution >= 4 is 60.2 Å². The number of hydrogen-bond acceptors (Lipinski definition) is 3. The first-order valence-corrected chi connectivity index (χ1v) is 29.3. The standard InChI is InChI=1S/C37H31N2S.C18H24GeN.Ir/c1-23(2)30-21-26(25-13-6-5-7-14-25)22-31(24(3)4)35(30)39-33-19-10-9-18-32(33)38-37(39)29-17-12-16-28-27-15-8-11-20-34(27)40-36(28)29;1-14(2)11-16-12-18(15-9-7-6-8-10-15)20-13-17(16)19(3,4)5;/h5-16,18-24H,1-4H3;6-9,12-14H,11H2,1-5H3;/q2*-1;/i;11D2;. The second kappa shape index (κ2) is 18.8. The van der Waals surface area contributed by atoms with Gasteiger partial charge in [-0.15, -0.1) is 18.2 Å². The van der Waals surface area contributed by atoms with E-state index in [4.69, 9.17) is 7.73 Å². The summed E-state index contributed by atoms with van der Waals surface area (Å²) < 4.78 is 23.2. The first kappa shape index (κ1) is 41.7. The summed E-state index contributed by atoms with van der Waals surface area (Å²) in [5.74, 6) is 8.38. The number of benzene rings is 6. The summed E-state index contributed by atoms with van der Waals surface area (Å²) >= 11 is -0.369. The number of imidazole rings is 1. The fourth-order valence-electron chi connectivity index (χ4n) is 8.08. The van der Waals surface area contributed by atoms with Crippen LogP contribution < -0.4 is 4.40 Å². The molecule has 3 nitrogen and oxygen atoms in total. The van der Waals surface area contributed by atoms with Gasteiger partial charge in [0.15, 0.2) is 0 Å². The van der Waals surface area contributed by atoms with Gasteiger partial charge in [-0.05, 0) is 74.5 Å². The third-order valence-corrected chi connectivity index (χ3v) is 16.4. The molecule has 9 rings (SSSR count). The fraction of sp³-hybridized carbons (Fsp3) is 0.236. The zero-order valence-electron chi connectivity index (χ0n) is 38.6. The molecule has 9 aromatic rings. The first-order chi connectivity index (χ1) is 29.6. The molecular formula is C55H55GeIrN3S-2. The Hall–Kier alpha value is -4.65. The summed E-state index contributed by atoms with van der Waals surface area (Å²) in [5.41, 5.74) is 12.1. The van der Waals surface area contributed by atoms with Crippen molar-refractivity contribution in [3.05, 3.63) is 168 Å². The van der Waals surface area contributed by atoms with E-state index in [0.29, 0.717) is 11.8 Å². The van der Waals surface area contributed by atoms with Gasteiger partial charge in [0.05, 0.1) is 16.9 Å². The number of aromatic nitrogens is 3. The van der Waals surface area contributed by atoms with Crippen LogP contribution in [0.2, 0.25) is 17.3 Å². The van der Waals surface area contributed by atoms with E-state index in [9.17, 15) is 0 Å². The number of thiophene rings is 1. The molecule has 0 saturated heterocycles. The van der Waals surface area contributed by atoms with Gasteiger partial charge >= 0.3 is 128 Å². The molecule has 311 valence electrons. The zero-order valence-corrected chi connectivity index (χ0v) is 41.9. The fourth-order valence-corrected chi connectivity index (χ4v) is 12.2. The monoisotopic (exact) mass is 1060 g/mol. The molecule has 0 N–H and O–H groups in total. The van der Waals surface area contributed by atoms with E-state index in [1.165, 1.54) is 48.1 Å². The van der Waals surface area contributed by atoms with E-state index >= 15 is 0 Å². The van der Waals surface area contributed by atoms with Crippen molar-refractivity contribution in [2.24, 2.45) is 5.92 Å².